The molecule has 196 valence electrons. The lowest BCUT2D eigenvalue weighted by molar-refractivity contribution is 0.0145. The van der Waals surface area contributed by atoms with Gasteiger partial charge in [0.15, 0.2) is 0 Å². The second kappa shape index (κ2) is 9.71. The van der Waals surface area contributed by atoms with Crippen molar-refractivity contribution in [1.29, 1.82) is 5.26 Å². The molecule has 2 aromatic rings. The van der Waals surface area contributed by atoms with Crippen LogP contribution < -0.4 is 4.90 Å². The number of benzene rings is 1. The first kappa shape index (κ1) is 25.7. The maximum atomic E-state index is 12.9. The van der Waals surface area contributed by atoms with Crippen LogP contribution in [-0.4, -0.2) is 62.7 Å². The largest absolute Gasteiger partial charge is 0.444 e. The van der Waals surface area contributed by atoms with Crippen molar-refractivity contribution in [1.82, 2.24) is 14.9 Å². The van der Waals surface area contributed by atoms with Gasteiger partial charge in [0.25, 0.3) is 0 Å². The van der Waals surface area contributed by atoms with Gasteiger partial charge in [-0.1, -0.05) is 24.3 Å². The summed E-state index contributed by atoms with van der Waals surface area (Å²) in [6.07, 6.45) is 6.41. The van der Waals surface area contributed by atoms with Crippen LogP contribution in [0.3, 0.4) is 0 Å². The summed E-state index contributed by atoms with van der Waals surface area (Å²) >= 11 is 0. The van der Waals surface area contributed by atoms with Crippen molar-refractivity contribution < 1.29 is 13.7 Å². The number of aryl methyl sites for hydroxylation is 1. The van der Waals surface area contributed by atoms with Gasteiger partial charge in [0.2, 0.25) is 5.16 Å². The average Bonchev–Trinajstić information content (AvgIpc) is 3.21. The monoisotopic (exact) mass is 521 g/mol. The normalized spacial score (nSPS) is 23.8. The van der Waals surface area contributed by atoms with Gasteiger partial charge in [-0.2, -0.15) is 5.26 Å². The first-order valence-corrected chi connectivity index (χ1v) is 14.6. The molecule has 3 aliphatic rings. The predicted octanol–water partition coefficient (Wildman–Crippen LogP) is 3.93. The van der Waals surface area contributed by atoms with Crippen LogP contribution in [0, 0.1) is 11.3 Å². The molecule has 2 heterocycles. The number of piperazine rings is 1. The topological polar surface area (TPSA) is 99.4 Å². The van der Waals surface area contributed by atoms with Crippen LogP contribution in [0.5, 0.6) is 0 Å². The summed E-state index contributed by atoms with van der Waals surface area (Å²) in [4.78, 5) is 26.4. The lowest BCUT2D eigenvalue weighted by Crippen LogP contribution is -2.56. The van der Waals surface area contributed by atoms with E-state index in [1.807, 2.05) is 20.8 Å². The van der Waals surface area contributed by atoms with Gasteiger partial charge < -0.3 is 14.5 Å². The van der Waals surface area contributed by atoms with Gasteiger partial charge in [-0.3, -0.25) is 4.21 Å². The van der Waals surface area contributed by atoms with Crippen molar-refractivity contribution in [3.05, 3.63) is 46.6 Å². The molecule has 1 aromatic heterocycles. The minimum atomic E-state index is -1.32. The molecule has 2 aliphatic carbocycles. The van der Waals surface area contributed by atoms with E-state index in [1.54, 1.807) is 11.2 Å². The minimum absolute atomic E-state index is 0.0150. The number of nitrogens with zero attached hydrogens (tertiary/aromatic N) is 5. The van der Waals surface area contributed by atoms with Crippen LogP contribution in [0.1, 0.15) is 62.4 Å². The van der Waals surface area contributed by atoms with Crippen LogP contribution in [-0.2, 0) is 40.2 Å². The molecule has 0 N–H and O–H groups in total. The number of hydrogen-bond acceptors (Lipinski definition) is 7. The van der Waals surface area contributed by atoms with Crippen molar-refractivity contribution in [2.24, 2.45) is 0 Å². The Morgan fingerprint density at radius 3 is 2.76 bits per heavy atom. The zero-order valence-corrected chi connectivity index (χ0v) is 22.9. The summed E-state index contributed by atoms with van der Waals surface area (Å²) < 4.78 is 18.2. The Hall–Kier alpha value is -2.99. The van der Waals surface area contributed by atoms with Crippen molar-refractivity contribution in [3.63, 3.8) is 0 Å². The summed E-state index contributed by atoms with van der Waals surface area (Å²) in [6, 6.07) is 10.7. The van der Waals surface area contributed by atoms with Crippen LogP contribution >= 0.6 is 0 Å². The highest BCUT2D eigenvalue weighted by Crippen LogP contribution is 2.49. The molecular weight excluding hydrogens is 486 g/mol. The summed E-state index contributed by atoms with van der Waals surface area (Å²) in [5.74, 6) is 0.807. The van der Waals surface area contributed by atoms with E-state index in [2.05, 4.69) is 35.2 Å². The van der Waals surface area contributed by atoms with Gasteiger partial charge in [-0.15, -0.1) is 0 Å². The van der Waals surface area contributed by atoms with Gasteiger partial charge in [0.05, 0.1) is 35.0 Å². The molecule has 3 atom stereocenters. The molecular formula is C28H35N5O3S. The van der Waals surface area contributed by atoms with Crippen molar-refractivity contribution in [3.8, 4) is 6.07 Å². The average molecular weight is 522 g/mol. The molecule has 9 heteroatoms. The SMILES string of the molecule is CS(=O)c1nc2c(c(N3CCN(C(=O)OC(C)(C)C)[C@@H](CC#N)C3)n1)CC1(CCCc3ccccc31)C2. The highest BCUT2D eigenvalue weighted by atomic mass is 32.2. The molecule has 1 spiro atoms. The van der Waals surface area contributed by atoms with Gasteiger partial charge in [-0.05, 0) is 57.6 Å². The molecule has 0 saturated carbocycles. The third-order valence-electron chi connectivity index (χ3n) is 7.76. The number of amides is 1. The zero-order chi connectivity index (χ0) is 26.4. The number of rotatable bonds is 3. The molecule has 8 nitrogen and oxygen atoms in total. The third-order valence-corrected chi connectivity index (χ3v) is 8.45. The lowest BCUT2D eigenvalue weighted by atomic mass is 9.68. The summed E-state index contributed by atoms with van der Waals surface area (Å²) in [5.41, 5.74) is 4.30. The number of ether oxygens (including phenoxy) is 1. The Bertz CT molecular complexity index is 1280. The summed E-state index contributed by atoms with van der Waals surface area (Å²) in [6.45, 7) is 6.99. The van der Waals surface area contributed by atoms with Gasteiger partial charge in [0.1, 0.15) is 11.4 Å². The molecule has 37 heavy (non-hydrogen) atoms. The quantitative estimate of drug-likeness (QED) is 0.565. The van der Waals surface area contributed by atoms with Gasteiger partial charge in [-0.25, -0.2) is 14.8 Å². The number of carbonyl (C=O) groups excluding carboxylic acids is 1. The zero-order valence-electron chi connectivity index (χ0n) is 22.1. The third kappa shape index (κ3) is 4.96. The molecule has 0 bridgehead atoms. The van der Waals surface area contributed by atoms with Crippen LogP contribution in [0.25, 0.3) is 0 Å². The Morgan fingerprint density at radius 2 is 2.03 bits per heavy atom. The Labute approximate surface area is 221 Å². The predicted molar refractivity (Wildman–Crippen MR) is 142 cm³/mol. The second-order valence-corrected chi connectivity index (χ2v) is 12.8. The van der Waals surface area contributed by atoms with E-state index < -0.39 is 22.5 Å². The lowest BCUT2D eigenvalue weighted by Gasteiger charge is -2.42. The maximum Gasteiger partial charge on any atom is 0.410 e. The Morgan fingerprint density at radius 1 is 1.24 bits per heavy atom. The molecule has 1 fully saturated rings. The number of anilines is 1. The van der Waals surface area contributed by atoms with E-state index in [1.165, 1.54) is 11.1 Å². The van der Waals surface area contributed by atoms with Crippen LogP contribution in [0.2, 0.25) is 0 Å². The first-order valence-electron chi connectivity index (χ1n) is 13.0. The smallest absolute Gasteiger partial charge is 0.410 e. The van der Waals surface area contributed by atoms with Gasteiger partial charge in [0, 0.05) is 43.3 Å². The highest BCUT2D eigenvalue weighted by Gasteiger charge is 2.45. The highest BCUT2D eigenvalue weighted by molar-refractivity contribution is 7.84. The van der Waals surface area contributed by atoms with E-state index in [9.17, 15) is 14.3 Å². The number of nitriles is 1. The van der Waals surface area contributed by atoms with E-state index in [0.717, 1.165) is 49.2 Å². The molecule has 1 amide bonds. The fourth-order valence-electron chi connectivity index (χ4n) is 6.20. The van der Waals surface area contributed by atoms with Crippen molar-refractivity contribution in [2.75, 3.05) is 30.8 Å². The molecule has 2 unspecified atom stereocenters. The minimum Gasteiger partial charge on any atom is -0.444 e. The van der Waals surface area contributed by atoms with Gasteiger partial charge >= 0.3 is 6.09 Å². The molecule has 1 saturated heterocycles. The maximum absolute atomic E-state index is 12.9. The second-order valence-electron chi connectivity index (χ2n) is 11.5. The summed E-state index contributed by atoms with van der Waals surface area (Å²) in [7, 11) is -1.32. The van der Waals surface area contributed by atoms with Crippen molar-refractivity contribution in [2.45, 2.75) is 81.5 Å². The number of fused-ring (bicyclic) bond motifs is 3. The van der Waals surface area contributed by atoms with E-state index in [-0.39, 0.29) is 17.9 Å². The van der Waals surface area contributed by atoms with Crippen LogP contribution in [0.4, 0.5) is 10.6 Å². The molecule has 5 rings (SSSR count). The fraction of sp³-hybridized carbons (Fsp3) is 0.571. The standard InChI is InChI=1S/C28H35N5O3S/c1-27(2,3)36-26(34)33-15-14-32(18-20(33)11-13-29)24-21-16-28(17-23(21)30-25(31-24)37(4)35)12-7-9-19-8-5-6-10-22(19)28/h5-6,8,10,20H,7,9,11-12,14-18H2,1-4H3/t20-,28?,37?/m0/s1. The molecule has 0 radical (unpaired) electrons. The fourth-order valence-corrected chi connectivity index (χ4v) is 6.65. The summed E-state index contributed by atoms with van der Waals surface area (Å²) in [5, 5.41) is 9.87. The number of hydrogen-bond donors (Lipinski definition) is 0. The first-order chi connectivity index (χ1) is 17.6. The van der Waals surface area contributed by atoms with Crippen LogP contribution in [0.15, 0.2) is 29.4 Å². The Balaban J connectivity index is 1.49. The molecule has 1 aromatic carbocycles. The number of aromatic nitrogens is 2. The van der Waals surface area contributed by atoms with E-state index in [0.29, 0.717) is 24.8 Å². The van der Waals surface area contributed by atoms with Crippen molar-refractivity contribution >= 4 is 22.7 Å². The van der Waals surface area contributed by atoms with E-state index in [4.69, 9.17) is 14.7 Å². The Kier molecular flexibility index (Phi) is 6.73. The van der Waals surface area contributed by atoms with E-state index >= 15 is 0 Å². The number of carbonyl (C=O) groups is 1. The molecule has 1 aliphatic heterocycles.